The molecule has 3 rings (SSSR count). The number of carboxylic acid groups (broad SMARTS) is 1. The summed E-state index contributed by atoms with van der Waals surface area (Å²) < 4.78 is 0. The Morgan fingerprint density at radius 3 is 2.92 bits per heavy atom. The second-order valence-corrected chi connectivity index (χ2v) is 6.25. The van der Waals surface area contributed by atoms with E-state index in [-0.39, 0.29) is 0 Å². The van der Waals surface area contributed by atoms with E-state index in [1.807, 2.05) is 13.0 Å². The molecule has 0 aliphatic carbocycles. The first-order valence-electron chi connectivity index (χ1n) is 8.37. The van der Waals surface area contributed by atoms with Crippen LogP contribution in [0.1, 0.15) is 23.4 Å². The summed E-state index contributed by atoms with van der Waals surface area (Å²) in [5, 5.41) is 12.1. The fourth-order valence-corrected chi connectivity index (χ4v) is 3.01. The van der Waals surface area contributed by atoms with Gasteiger partial charge in [0.05, 0.1) is 17.6 Å². The van der Waals surface area contributed by atoms with Crippen molar-refractivity contribution in [2.75, 3.05) is 18.4 Å². The van der Waals surface area contributed by atoms with Crippen molar-refractivity contribution in [3.63, 3.8) is 0 Å². The molecule has 2 aromatic rings. The van der Waals surface area contributed by atoms with E-state index < -0.39 is 5.97 Å². The third-order valence-electron chi connectivity index (χ3n) is 4.22. The zero-order valence-corrected chi connectivity index (χ0v) is 14.2. The molecule has 0 saturated carbocycles. The van der Waals surface area contributed by atoms with Crippen LogP contribution in [0.5, 0.6) is 0 Å². The zero-order valence-electron chi connectivity index (χ0n) is 14.2. The molecule has 1 saturated heterocycles. The van der Waals surface area contributed by atoms with Crippen molar-refractivity contribution >= 4 is 17.9 Å². The van der Waals surface area contributed by atoms with Gasteiger partial charge in [-0.3, -0.25) is 4.90 Å². The molecule has 6 heteroatoms. The van der Waals surface area contributed by atoms with Gasteiger partial charge < -0.3 is 10.4 Å². The fourth-order valence-electron chi connectivity index (χ4n) is 3.01. The van der Waals surface area contributed by atoms with Crippen LogP contribution in [0.3, 0.4) is 0 Å². The Bertz CT molecular complexity index is 761. The predicted molar refractivity (Wildman–Crippen MR) is 97.2 cm³/mol. The van der Waals surface area contributed by atoms with Crippen LogP contribution in [0.25, 0.3) is 6.08 Å². The van der Waals surface area contributed by atoms with E-state index in [1.165, 1.54) is 11.6 Å². The molecule has 2 N–H and O–H groups in total. The standard InChI is InChI=1S/C19H22N4O2/c1-14-19(20-11-16(21-14)7-8-18(24)25)22-17-9-10-23(13-17)12-15-5-3-2-4-6-15/h2-8,11,17H,9-10,12-13H2,1H3,(H,20,22)(H,24,25)/b8-7+/t17-/m1/s1. The molecular weight excluding hydrogens is 316 g/mol. The van der Waals surface area contributed by atoms with E-state index in [2.05, 4.69) is 44.5 Å². The van der Waals surface area contributed by atoms with Crippen LogP contribution in [-0.4, -0.2) is 45.1 Å². The molecule has 0 spiro atoms. The third-order valence-corrected chi connectivity index (χ3v) is 4.22. The van der Waals surface area contributed by atoms with Gasteiger partial charge in [-0.05, 0) is 25.0 Å². The number of likely N-dealkylation sites (tertiary alicyclic amines) is 1. The number of aromatic nitrogens is 2. The molecule has 6 nitrogen and oxygen atoms in total. The molecule has 1 aromatic heterocycles. The summed E-state index contributed by atoms with van der Waals surface area (Å²) in [6, 6.07) is 10.8. The van der Waals surface area contributed by atoms with Crippen LogP contribution in [0.4, 0.5) is 5.82 Å². The van der Waals surface area contributed by atoms with E-state index >= 15 is 0 Å². The summed E-state index contributed by atoms with van der Waals surface area (Å²) in [6.45, 7) is 4.86. The third kappa shape index (κ3) is 4.87. The molecule has 0 bridgehead atoms. The lowest BCUT2D eigenvalue weighted by Crippen LogP contribution is -2.26. The van der Waals surface area contributed by atoms with Crippen molar-refractivity contribution in [2.45, 2.75) is 25.9 Å². The van der Waals surface area contributed by atoms with Gasteiger partial charge in [0.1, 0.15) is 5.82 Å². The van der Waals surface area contributed by atoms with Crippen LogP contribution in [0.2, 0.25) is 0 Å². The maximum Gasteiger partial charge on any atom is 0.328 e. The minimum atomic E-state index is -0.994. The van der Waals surface area contributed by atoms with Crippen LogP contribution >= 0.6 is 0 Å². The van der Waals surface area contributed by atoms with E-state index in [0.29, 0.717) is 11.7 Å². The van der Waals surface area contributed by atoms with Gasteiger partial charge in [0.15, 0.2) is 0 Å². The number of carbonyl (C=O) groups is 1. The van der Waals surface area contributed by atoms with E-state index in [0.717, 1.165) is 43.6 Å². The normalized spacial score (nSPS) is 17.9. The molecule has 0 amide bonds. The van der Waals surface area contributed by atoms with Crippen molar-refractivity contribution in [2.24, 2.45) is 0 Å². The molecule has 1 fully saturated rings. The Kier molecular flexibility index (Phi) is 5.40. The Labute approximate surface area is 147 Å². The van der Waals surface area contributed by atoms with E-state index in [9.17, 15) is 4.79 Å². The molecule has 130 valence electrons. The first kappa shape index (κ1) is 17.1. The highest BCUT2D eigenvalue weighted by molar-refractivity contribution is 5.84. The number of aryl methyl sites for hydroxylation is 1. The number of hydrogen-bond donors (Lipinski definition) is 2. The Morgan fingerprint density at radius 1 is 1.40 bits per heavy atom. The van der Waals surface area contributed by atoms with E-state index in [4.69, 9.17) is 5.11 Å². The average molecular weight is 338 g/mol. The van der Waals surface area contributed by atoms with Crippen LogP contribution < -0.4 is 5.32 Å². The molecule has 25 heavy (non-hydrogen) atoms. The van der Waals surface area contributed by atoms with Gasteiger partial charge in [-0.25, -0.2) is 14.8 Å². The van der Waals surface area contributed by atoms with Crippen molar-refractivity contribution < 1.29 is 9.90 Å². The lowest BCUT2D eigenvalue weighted by atomic mass is 10.2. The Morgan fingerprint density at radius 2 is 2.20 bits per heavy atom. The predicted octanol–water partition coefficient (Wildman–Crippen LogP) is 2.57. The summed E-state index contributed by atoms with van der Waals surface area (Å²) >= 11 is 0. The lowest BCUT2D eigenvalue weighted by molar-refractivity contribution is -0.131. The zero-order chi connectivity index (χ0) is 17.6. The second-order valence-electron chi connectivity index (χ2n) is 6.25. The Hall–Kier alpha value is -2.73. The smallest absolute Gasteiger partial charge is 0.328 e. The number of hydrogen-bond acceptors (Lipinski definition) is 5. The largest absolute Gasteiger partial charge is 0.478 e. The topological polar surface area (TPSA) is 78.3 Å². The fraction of sp³-hybridized carbons (Fsp3) is 0.316. The molecule has 0 radical (unpaired) electrons. The number of nitrogens with zero attached hydrogens (tertiary/aromatic N) is 3. The summed E-state index contributed by atoms with van der Waals surface area (Å²) in [5.74, 6) is -0.231. The van der Waals surface area contributed by atoms with Crippen molar-refractivity contribution in [1.82, 2.24) is 14.9 Å². The highest BCUT2D eigenvalue weighted by Gasteiger charge is 2.23. The monoisotopic (exact) mass is 338 g/mol. The van der Waals surface area contributed by atoms with Gasteiger partial charge in [0.2, 0.25) is 0 Å². The molecular formula is C19H22N4O2. The number of aliphatic carboxylic acids is 1. The minimum absolute atomic E-state index is 0.345. The molecule has 1 aliphatic rings. The quantitative estimate of drug-likeness (QED) is 0.788. The molecule has 1 aromatic carbocycles. The van der Waals surface area contributed by atoms with Crippen molar-refractivity contribution in [1.29, 1.82) is 0 Å². The van der Waals surface area contributed by atoms with Gasteiger partial charge >= 0.3 is 5.97 Å². The first-order chi connectivity index (χ1) is 12.1. The number of carboxylic acids is 1. The molecule has 1 aliphatic heterocycles. The van der Waals surface area contributed by atoms with Crippen LogP contribution in [-0.2, 0) is 11.3 Å². The van der Waals surface area contributed by atoms with Crippen LogP contribution in [0, 0.1) is 6.92 Å². The first-order valence-corrected chi connectivity index (χ1v) is 8.37. The number of nitrogens with one attached hydrogen (secondary N) is 1. The summed E-state index contributed by atoms with van der Waals surface area (Å²) in [6.07, 6.45) is 5.17. The highest BCUT2D eigenvalue weighted by Crippen LogP contribution is 2.18. The van der Waals surface area contributed by atoms with Crippen molar-refractivity contribution in [3.05, 3.63) is 59.6 Å². The molecule has 2 heterocycles. The van der Waals surface area contributed by atoms with Gasteiger partial charge in [0, 0.05) is 31.8 Å². The highest BCUT2D eigenvalue weighted by atomic mass is 16.4. The lowest BCUT2D eigenvalue weighted by Gasteiger charge is -2.17. The maximum absolute atomic E-state index is 10.6. The SMILES string of the molecule is Cc1nc(/C=C/C(=O)O)cnc1N[C@@H]1CCN(Cc2ccccc2)C1. The minimum Gasteiger partial charge on any atom is -0.478 e. The summed E-state index contributed by atoms with van der Waals surface area (Å²) in [5.41, 5.74) is 2.64. The summed E-state index contributed by atoms with van der Waals surface area (Å²) in [7, 11) is 0. The number of rotatable bonds is 6. The Balaban J connectivity index is 1.57. The van der Waals surface area contributed by atoms with Gasteiger partial charge in [-0.1, -0.05) is 30.3 Å². The van der Waals surface area contributed by atoms with Gasteiger partial charge in [-0.2, -0.15) is 0 Å². The van der Waals surface area contributed by atoms with Crippen LogP contribution in [0.15, 0.2) is 42.6 Å². The average Bonchev–Trinajstić information content (AvgIpc) is 3.03. The molecule has 1 atom stereocenters. The number of benzene rings is 1. The second kappa shape index (κ2) is 7.90. The van der Waals surface area contributed by atoms with Gasteiger partial charge in [-0.15, -0.1) is 0 Å². The van der Waals surface area contributed by atoms with E-state index in [1.54, 1.807) is 6.20 Å². The molecule has 0 unspecified atom stereocenters. The maximum atomic E-state index is 10.6. The number of anilines is 1. The summed E-state index contributed by atoms with van der Waals surface area (Å²) in [4.78, 5) is 21.8. The van der Waals surface area contributed by atoms with Gasteiger partial charge in [0.25, 0.3) is 0 Å². The van der Waals surface area contributed by atoms with Crippen molar-refractivity contribution in [3.8, 4) is 0 Å².